The van der Waals surface area contributed by atoms with Crippen LogP contribution in [0.2, 0.25) is 0 Å². The molecule has 0 aliphatic carbocycles. The molecule has 2 aromatic rings. The summed E-state index contributed by atoms with van der Waals surface area (Å²) in [7, 11) is 0. The van der Waals surface area contributed by atoms with Crippen LogP contribution in [0.4, 0.5) is 5.82 Å². The summed E-state index contributed by atoms with van der Waals surface area (Å²) in [6.45, 7) is 7.39. The summed E-state index contributed by atoms with van der Waals surface area (Å²) in [6.07, 6.45) is 0.713. The Bertz CT molecular complexity index is 681. The first-order chi connectivity index (χ1) is 10.5. The largest absolute Gasteiger partial charge is 0.506 e. The predicted octanol–water partition coefficient (Wildman–Crippen LogP) is 3.84. The maximum absolute atomic E-state index is 12.6. The molecule has 1 aromatic heterocycles. The Morgan fingerprint density at radius 3 is 2.41 bits per heavy atom. The number of aromatic nitrogens is 1. The van der Waals surface area contributed by atoms with Crippen LogP contribution in [0.5, 0.6) is 5.75 Å². The molecule has 0 bridgehead atoms. The number of amides is 1. The van der Waals surface area contributed by atoms with Crippen molar-refractivity contribution in [2.75, 3.05) is 5.32 Å². The second kappa shape index (κ2) is 6.60. The van der Waals surface area contributed by atoms with E-state index in [-0.39, 0.29) is 17.6 Å². The molecule has 0 spiro atoms. The fourth-order valence-electron chi connectivity index (χ4n) is 2.51. The van der Waals surface area contributed by atoms with Crippen molar-refractivity contribution in [2.45, 2.75) is 40.0 Å². The molecule has 0 saturated carbocycles. The van der Waals surface area contributed by atoms with Crippen LogP contribution in [-0.4, -0.2) is 16.0 Å². The zero-order valence-corrected chi connectivity index (χ0v) is 13.5. The second-order valence-electron chi connectivity index (χ2n) is 5.51. The van der Waals surface area contributed by atoms with Crippen molar-refractivity contribution in [3.8, 4) is 5.75 Å². The summed E-state index contributed by atoms with van der Waals surface area (Å²) in [5.74, 6) is 0.420. The summed E-state index contributed by atoms with van der Waals surface area (Å²) in [4.78, 5) is 16.9. The van der Waals surface area contributed by atoms with E-state index in [1.165, 1.54) is 0 Å². The van der Waals surface area contributed by atoms with Gasteiger partial charge in [-0.05, 0) is 43.9 Å². The van der Waals surface area contributed by atoms with Crippen molar-refractivity contribution in [1.29, 1.82) is 0 Å². The zero-order chi connectivity index (χ0) is 16.3. The number of rotatable bonds is 4. The van der Waals surface area contributed by atoms with Gasteiger partial charge in [-0.15, -0.1) is 0 Å². The number of pyridine rings is 1. The normalized spacial score (nSPS) is 12.0. The van der Waals surface area contributed by atoms with E-state index in [2.05, 4.69) is 10.3 Å². The molecular formula is C18H22N2O2. The predicted molar refractivity (Wildman–Crippen MR) is 88.2 cm³/mol. The average molecular weight is 298 g/mol. The van der Waals surface area contributed by atoms with Gasteiger partial charge >= 0.3 is 0 Å². The lowest BCUT2D eigenvalue weighted by atomic mass is 9.95. The first-order valence-electron chi connectivity index (χ1n) is 7.48. The minimum absolute atomic E-state index is 0.0752. The Hall–Kier alpha value is -2.36. The van der Waals surface area contributed by atoms with Gasteiger partial charge in [0.25, 0.3) is 0 Å². The van der Waals surface area contributed by atoms with E-state index >= 15 is 0 Å². The molecule has 1 heterocycles. The number of nitrogens with one attached hydrogen (secondary N) is 1. The minimum atomic E-state index is -0.211. The number of anilines is 1. The van der Waals surface area contributed by atoms with E-state index in [9.17, 15) is 9.90 Å². The smallest absolute Gasteiger partial charge is 0.233 e. The van der Waals surface area contributed by atoms with Crippen molar-refractivity contribution in [2.24, 2.45) is 0 Å². The van der Waals surface area contributed by atoms with Gasteiger partial charge in [0, 0.05) is 0 Å². The van der Waals surface area contributed by atoms with Crippen LogP contribution in [0.1, 0.15) is 41.6 Å². The first-order valence-corrected chi connectivity index (χ1v) is 7.48. The topological polar surface area (TPSA) is 62.2 Å². The molecule has 4 nitrogen and oxygen atoms in total. The number of aryl methyl sites for hydroxylation is 1. The summed E-state index contributed by atoms with van der Waals surface area (Å²) in [5, 5.41) is 12.8. The third-order valence-corrected chi connectivity index (χ3v) is 4.06. The molecule has 1 aromatic carbocycles. The Kier molecular flexibility index (Phi) is 4.81. The summed E-state index contributed by atoms with van der Waals surface area (Å²) >= 11 is 0. The van der Waals surface area contributed by atoms with Crippen molar-refractivity contribution < 1.29 is 9.90 Å². The Labute approximate surface area is 131 Å². The fourth-order valence-corrected chi connectivity index (χ4v) is 2.51. The van der Waals surface area contributed by atoms with Gasteiger partial charge in [-0.3, -0.25) is 4.79 Å². The Morgan fingerprint density at radius 2 is 1.82 bits per heavy atom. The fraction of sp³-hybridized carbons (Fsp3) is 0.333. The van der Waals surface area contributed by atoms with Crippen LogP contribution in [0.25, 0.3) is 0 Å². The van der Waals surface area contributed by atoms with E-state index in [0.29, 0.717) is 17.9 Å². The summed E-state index contributed by atoms with van der Waals surface area (Å²) in [6, 6.07) is 9.72. The van der Waals surface area contributed by atoms with Crippen molar-refractivity contribution in [3.63, 3.8) is 0 Å². The van der Waals surface area contributed by atoms with Crippen LogP contribution >= 0.6 is 0 Å². The van der Waals surface area contributed by atoms with Crippen LogP contribution in [0.3, 0.4) is 0 Å². The third kappa shape index (κ3) is 3.11. The molecule has 4 heteroatoms. The molecule has 22 heavy (non-hydrogen) atoms. The van der Waals surface area contributed by atoms with E-state index in [1.807, 2.05) is 51.1 Å². The maximum Gasteiger partial charge on any atom is 0.233 e. The highest BCUT2D eigenvalue weighted by Gasteiger charge is 2.20. The van der Waals surface area contributed by atoms with Crippen molar-refractivity contribution >= 4 is 11.7 Å². The van der Waals surface area contributed by atoms with E-state index < -0.39 is 0 Å². The highest BCUT2D eigenvalue weighted by Crippen LogP contribution is 2.29. The molecule has 1 unspecified atom stereocenters. The van der Waals surface area contributed by atoms with Crippen LogP contribution in [0.15, 0.2) is 30.3 Å². The molecule has 1 amide bonds. The molecule has 1 atom stereocenters. The van der Waals surface area contributed by atoms with Gasteiger partial charge in [0.15, 0.2) is 0 Å². The van der Waals surface area contributed by atoms with Gasteiger partial charge in [0.2, 0.25) is 5.91 Å². The monoisotopic (exact) mass is 298 g/mol. The lowest BCUT2D eigenvalue weighted by Crippen LogP contribution is -2.22. The van der Waals surface area contributed by atoms with Gasteiger partial charge in [-0.25, -0.2) is 4.98 Å². The van der Waals surface area contributed by atoms with E-state index in [0.717, 1.165) is 16.7 Å². The molecule has 0 saturated heterocycles. The molecule has 0 fully saturated rings. The lowest BCUT2D eigenvalue weighted by Gasteiger charge is -2.17. The highest BCUT2D eigenvalue weighted by atomic mass is 16.3. The summed E-state index contributed by atoms with van der Waals surface area (Å²) in [5.41, 5.74) is 3.05. The first kappa shape index (κ1) is 16.0. The molecule has 0 radical (unpaired) electrons. The SMILES string of the molecule is CCC(C(=O)Nc1nc(C)c(O)c(C)c1C)c1ccccc1. The van der Waals surface area contributed by atoms with Gasteiger partial charge < -0.3 is 10.4 Å². The number of carbonyl (C=O) groups excluding carboxylic acids is 1. The molecule has 2 rings (SSSR count). The van der Waals surface area contributed by atoms with Gasteiger partial charge in [0.1, 0.15) is 11.6 Å². The third-order valence-electron chi connectivity index (χ3n) is 4.06. The van der Waals surface area contributed by atoms with Gasteiger partial charge in [-0.1, -0.05) is 37.3 Å². The lowest BCUT2D eigenvalue weighted by molar-refractivity contribution is -0.117. The van der Waals surface area contributed by atoms with Crippen LogP contribution in [0, 0.1) is 20.8 Å². The summed E-state index contributed by atoms with van der Waals surface area (Å²) < 4.78 is 0. The molecular weight excluding hydrogens is 276 g/mol. The number of benzene rings is 1. The van der Waals surface area contributed by atoms with Crippen molar-refractivity contribution in [3.05, 3.63) is 52.7 Å². The zero-order valence-electron chi connectivity index (χ0n) is 13.5. The molecule has 2 N–H and O–H groups in total. The molecule has 0 aliphatic rings. The number of nitrogens with zero attached hydrogens (tertiary/aromatic N) is 1. The Morgan fingerprint density at radius 1 is 1.18 bits per heavy atom. The van der Waals surface area contributed by atoms with E-state index in [1.54, 1.807) is 6.92 Å². The standard InChI is InChI=1S/C18H22N2O2/c1-5-15(14-9-7-6-8-10-14)18(22)20-17-12(3)11(2)16(21)13(4)19-17/h6-10,15,21H,5H2,1-4H3,(H,19,20,22). The van der Waals surface area contributed by atoms with Gasteiger partial charge in [0.05, 0.1) is 11.6 Å². The van der Waals surface area contributed by atoms with Crippen LogP contribution < -0.4 is 5.32 Å². The van der Waals surface area contributed by atoms with E-state index in [4.69, 9.17) is 0 Å². The second-order valence-corrected chi connectivity index (χ2v) is 5.51. The molecule has 116 valence electrons. The van der Waals surface area contributed by atoms with Gasteiger partial charge in [-0.2, -0.15) is 0 Å². The number of carbonyl (C=O) groups is 1. The Balaban J connectivity index is 2.29. The minimum Gasteiger partial charge on any atom is -0.506 e. The maximum atomic E-state index is 12.6. The van der Waals surface area contributed by atoms with Crippen LogP contribution in [-0.2, 0) is 4.79 Å². The molecule has 0 aliphatic heterocycles. The number of hydrogen-bond acceptors (Lipinski definition) is 3. The number of hydrogen-bond donors (Lipinski definition) is 2. The quantitative estimate of drug-likeness (QED) is 0.901. The highest BCUT2D eigenvalue weighted by molar-refractivity contribution is 5.95. The average Bonchev–Trinajstić information content (AvgIpc) is 2.52. The number of aromatic hydroxyl groups is 1. The van der Waals surface area contributed by atoms with Crippen molar-refractivity contribution in [1.82, 2.24) is 4.98 Å².